The Morgan fingerprint density at radius 3 is 2.35 bits per heavy atom. The molecule has 0 spiro atoms. The largest absolute Gasteiger partial charge is 0.493 e. The highest BCUT2D eigenvalue weighted by Gasteiger charge is 2.47. The molecule has 0 saturated heterocycles. The SMILES string of the molecule is Cc1c2c(c(C3(N)CC3)c3c1OCC3)OCC2. The summed E-state index contributed by atoms with van der Waals surface area (Å²) >= 11 is 0. The summed E-state index contributed by atoms with van der Waals surface area (Å²) in [5.74, 6) is 2.19. The van der Waals surface area contributed by atoms with Crippen molar-refractivity contribution >= 4 is 0 Å². The molecule has 0 radical (unpaired) electrons. The van der Waals surface area contributed by atoms with Gasteiger partial charge in [0, 0.05) is 35.1 Å². The number of hydrogen-bond acceptors (Lipinski definition) is 3. The van der Waals surface area contributed by atoms with Crippen LogP contribution in [0.25, 0.3) is 0 Å². The maximum atomic E-state index is 6.43. The summed E-state index contributed by atoms with van der Waals surface area (Å²) < 4.78 is 11.7. The molecule has 3 aliphatic rings. The molecule has 0 aromatic heterocycles. The third kappa shape index (κ3) is 1.15. The van der Waals surface area contributed by atoms with Gasteiger partial charge in [0.05, 0.1) is 13.2 Å². The normalized spacial score (nSPS) is 22.7. The molecule has 3 nitrogen and oxygen atoms in total. The van der Waals surface area contributed by atoms with E-state index in [0.29, 0.717) is 0 Å². The van der Waals surface area contributed by atoms with Crippen LogP contribution >= 0.6 is 0 Å². The van der Waals surface area contributed by atoms with Crippen LogP contribution in [0.15, 0.2) is 0 Å². The van der Waals surface area contributed by atoms with E-state index in [1.807, 2.05) is 0 Å². The van der Waals surface area contributed by atoms with Crippen molar-refractivity contribution in [2.75, 3.05) is 13.2 Å². The Kier molecular flexibility index (Phi) is 1.70. The molecule has 3 heteroatoms. The minimum Gasteiger partial charge on any atom is -0.493 e. The highest BCUT2D eigenvalue weighted by molar-refractivity contribution is 5.64. The summed E-state index contributed by atoms with van der Waals surface area (Å²) in [5, 5.41) is 0. The Morgan fingerprint density at radius 1 is 1.00 bits per heavy atom. The van der Waals surface area contributed by atoms with Crippen LogP contribution in [-0.4, -0.2) is 13.2 Å². The molecule has 0 unspecified atom stereocenters. The number of fused-ring (bicyclic) bond motifs is 2. The summed E-state index contributed by atoms with van der Waals surface area (Å²) in [6, 6.07) is 0. The molecule has 0 atom stereocenters. The minimum absolute atomic E-state index is 0.125. The van der Waals surface area contributed by atoms with E-state index in [9.17, 15) is 0 Å². The van der Waals surface area contributed by atoms with Crippen molar-refractivity contribution in [1.29, 1.82) is 0 Å². The Balaban J connectivity index is 2.05. The monoisotopic (exact) mass is 231 g/mol. The van der Waals surface area contributed by atoms with Crippen LogP contribution in [0.4, 0.5) is 0 Å². The van der Waals surface area contributed by atoms with Crippen LogP contribution in [0.3, 0.4) is 0 Å². The predicted molar refractivity (Wildman–Crippen MR) is 64.7 cm³/mol. The van der Waals surface area contributed by atoms with Crippen LogP contribution in [-0.2, 0) is 18.4 Å². The molecule has 1 saturated carbocycles. The molecule has 1 fully saturated rings. The van der Waals surface area contributed by atoms with Gasteiger partial charge < -0.3 is 15.2 Å². The number of ether oxygens (including phenoxy) is 2. The second kappa shape index (κ2) is 2.96. The van der Waals surface area contributed by atoms with E-state index >= 15 is 0 Å². The van der Waals surface area contributed by atoms with Gasteiger partial charge in [0.15, 0.2) is 0 Å². The van der Waals surface area contributed by atoms with Gasteiger partial charge in [0.2, 0.25) is 0 Å². The summed E-state index contributed by atoms with van der Waals surface area (Å²) in [7, 11) is 0. The third-order valence-electron chi connectivity index (χ3n) is 4.35. The average molecular weight is 231 g/mol. The van der Waals surface area contributed by atoms with Gasteiger partial charge >= 0.3 is 0 Å². The van der Waals surface area contributed by atoms with Crippen molar-refractivity contribution < 1.29 is 9.47 Å². The van der Waals surface area contributed by atoms with Crippen LogP contribution in [0, 0.1) is 6.92 Å². The fourth-order valence-corrected chi connectivity index (χ4v) is 3.25. The smallest absolute Gasteiger partial charge is 0.128 e. The Labute approximate surface area is 101 Å². The zero-order valence-electron chi connectivity index (χ0n) is 10.1. The fourth-order valence-electron chi connectivity index (χ4n) is 3.25. The Hall–Kier alpha value is -1.22. The van der Waals surface area contributed by atoms with Crippen molar-refractivity contribution in [3.05, 3.63) is 22.3 Å². The summed E-state index contributed by atoms with van der Waals surface area (Å²) in [5.41, 5.74) is 11.5. The lowest BCUT2D eigenvalue weighted by Gasteiger charge is -2.19. The van der Waals surface area contributed by atoms with Gasteiger partial charge in [0.1, 0.15) is 11.5 Å². The first kappa shape index (κ1) is 9.77. The molecular weight excluding hydrogens is 214 g/mol. The van der Waals surface area contributed by atoms with Crippen molar-refractivity contribution in [2.24, 2.45) is 5.73 Å². The van der Waals surface area contributed by atoms with Gasteiger partial charge in [-0.3, -0.25) is 0 Å². The third-order valence-corrected chi connectivity index (χ3v) is 4.35. The van der Waals surface area contributed by atoms with E-state index in [1.54, 1.807) is 0 Å². The molecule has 90 valence electrons. The standard InChI is InChI=1S/C14H17NO2/c1-8-9-2-6-17-13(9)11(14(15)4-5-14)10-3-7-16-12(8)10/h2-7,15H2,1H3. The molecule has 0 bridgehead atoms. The number of nitrogens with two attached hydrogens (primary N) is 1. The molecule has 1 aliphatic carbocycles. The maximum Gasteiger partial charge on any atom is 0.128 e. The number of rotatable bonds is 1. The molecule has 2 aliphatic heterocycles. The lowest BCUT2D eigenvalue weighted by molar-refractivity contribution is 0.349. The zero-order chi connectivity index (χ0) is 11.6. The highest BCUT2D eigenvalue weighted by atomic mass is 16.5. The lowest BCUT2D eigenvalue weighted by atomic mass is 9.90. The molecule has 2 N–H and O–H groups in total. The van der Waals surface area contributed by atoms with Crippen LogP contribution in [0.5, 0.6) is 11.5 Å². The first-order valence-corrected chi connectivity index (χ1v) is 6.44. The molecule has 4 rings (SSSR count). The summed E-state index contributed by atoms with van der Waals surface area (Å²) in [6.07, 6.45) is 4.15. The van der Waals surface area contributed by atoms with Gasteiger partial charge in [-0.05, 0) is 25.3 Å². The zero-order valence-corrected chi connectivity index (χ0v) is 10.1. The Morgan fingerprint density at radius 2 is 1.65 bits per heavy atom. The Bertz CT molecular complexity index is 482. The minimum atomic E-state index is -0.125. The fraction of sp³-hybridized carbons (Fsp3) is 0.571. The lowest BCUT2D eigenvalue weighted by Crippen LogP contribution is -2.21. The van der Waals surface area contributed by atoms with E-state index in [1.165, 1.54) is 22.3 Å². The van der Waals surface area contributed by atoms with E-state index in [-0.39, 0.29) is 5.54 Å². The summed E-state index contributed by atoms with van der Waals surface area (Å²) in [6.45, 7) is 3.74. The average Bonchev–Trinajstić information content (AvgIpc) is 2.79. The first-order valence-electron chi connectivity index (χ1n) is 6.44. The first-order chi connectivity index (χ1) is 8.21. The van der Waals surface area contributed by atoms with Gasteiger partial charge in [-0.1, -0.05) is 0 Å². The second-order valence-electron chi connectivity index (χ2n) is 5.47. The quantitative estimate of drug-likeness (QED) is 0.801. The number of benzene rings is 1. The van der Waals surface area contributed by atoms with Crippen LogP contribution in [0.1, 0.15) is 35.1 Å². The van der Waals surface area contributed by atoms with Crippen molar-refractivity contribution in [2.45, 2.75) is 38.1 Å². The van der Waals surface area contributed by atoms with Crippen molar-refractivity contribution in [3.8, 4) is 11.5 Å². The van der Waals surface area contributed by atoms with E-state index in [0.717, 1.165) is 50.4 Å². The molecule has 1 aromatic carbocycles. The molecule has 17 heavy (non-hydrogen) atoms. The summed E-state index contributed by atoms with van der Waals surface area (Å²) in [4.78, 5) is 0. The molecule has 2 heterocycles. The van der Waals surface area contributed by atoms with Gasteiger partial charge in [-0.15, -0.1) is 0 Å². The van der Waals surface area contributed by atoms with E-state index < -0.39 is 0 Å². The number of hydrogen-bond donors (Lipinski definition) is 1. The topological polar surface area (TPSA) is 44.5 Å². The van der Waals surface area contributed by atoms with Gasteiger partial charge in [-0.25, -0.2) is 0 Å². The van der Waals surface area contributed by atoms with Crippen LogP contribution in [0.2, 0.25) is 0 Å². The molecule has 0 amide bonds. The van der Waals surface area contributed by atoms with Crippen molar-refractivity contribution in [1.82, 2.24) is 0 Å². The van der Waals surface area contributed by atoms with E-state index in [4.69, 9.17) is 15.2 Å². The second-order valence-corrected chi connectivity index (χ2v) is 5.47. The predicted octanol–water partition coefficient (Wildman–Crippen LogP) is 1.81. The van der Waals surface area contributed by atoms with Crippen molar-refractivity contribution in [3.63, 3.8) is 0 Å². The maximum absolute atomic E-state index is 6.43. The molecule has 1 aromatic rings. The van der Waals surface area contributed by atoms with Crippen LogP contribution < -0.4 is 15.2 Å². The van der Waals surface area contributed by atoms with Gasteiger partial charge in [0.25, 0.3) is 0 Å². The van der Waals surface area contributed by atoms with Gasteiger partial charge in [-0.2, -0.15) is 0 Å². The highest BCUT2D eigenvalue weighted by Crippen LogP contribution is 2.54. The molecular formula is C14H17NO2. The van der Waals surface area contributed by atoms with E-state index in [2.05, 4.69) is 6.92 Å².